The van der Waals surface area contributed by atoms with Gasteiger partial charge in [-0.3, -0.25) is 4.79 Å². The molecule has 1 N–H and O–H groups in total. The molecule has 0 aliphatic carbocycles. The number of nitrogens with zero attached hydrogens (tertiary/aromatic N) is 3. The van der Waals surface area contributed by atoms with Crippen molar-refractivity contribution < 1.29 is 22.4 Å². The zero-order valence-corrected chi connectivity index (χ0v) is 17.7. The number of alkyl halides is 3. The predicted octanol–water partition coefficient (Wildman–Crippen LogP) is 6.27. The van der Waals surface area contributed by atoms with Crippen molar-refractivity contribution in [1.29, 1.82) is 0 Å². The first-order valence-electron chi connectivity index (χ1n) is 10.2. The van der Waals surface area contributed by atoms with Crippen molar-refractivity contribution in [2.45, 2.75) is 13.1 Å². The zero-order valence-electron chi connectivity index (χ0n) is 17.7. The van der Waals surface area contributed by atoms with Gasteiger partial charge in [-0.05, 0) is 41.5 Å². The fourth-order valence-electron chi connectivity index (χ4n) is 3.84. The van der Waals surface area contributed by atoms with Crippen molar-refractivity contribution in [2.24, 2.45) is 0 Å². The highest BCUT2D eigenvalue weighted by molar-refractivity contribution is 6.08. The molecule has 0 radical (unpaired) electrons. The van der Waals surface area contributed by atoms with Crippen molar-refractivity contribution in [3.05, 3.63) is 95.6 Å². The van der Waals surface area contributed by atoms with Gasteiger partial charge in [-0.25, -0.2) is 13.9 Å². The third-order valence-electron chi connectivity index (χ3n) is 5.44. The maximum Gasteiger partial charge on any atom is 0.433 e. The van der Waals surface area contributed by atoms with Crippen LogP contribution >= 0.6 is 0 Å². The molecule has 0 bridgehead atoms. The number of benzene rings is 3. The molecule has 0 fully saturated rings. The summed E-state index contributed by atoms with van der Waals surface area (Å²) in [5, 5.41) is 7.71. The van der Waals surface area contributed by atoms with Crippen LogP contribution in [0.2, 0.25) is 0 Å². The standard InChI is InChI=1S/C25H16F4N4O/c1-14-9-10-19(26)21(11-14)32-24(34)18-13-30-33-22(25(27,28)29)12-20(31-23(18)33)17-8-4-6-15-5-2-3-7-16(15)17/h2-13H,1H3,(H,32,34). The van der Waals surface area contributed by atoms with E-state index in [4.69, 9.17) is 0 Å². The minimum atomic E-state index is -4.76. The van der Waals surface area contributed by atoms with Gasteiger partial charge in [0.2, 0.25) is 0 Å². The largest absolute Gasteiger partial charge is 0.433 e. The van der Waals surface area contributed by atoms with Gasteiger partial charge in [-0.15, -0.1) is 0 Å². The normalized spacial score (nSPS) is 11.8. The maximum absolute atomic E-state index is 14.1. The third-order valence-corrected chi connectivity index (χ3v) is 5.44. The number of rotatable bonds is 3. The number of carbonyl (C=O) groups is 1. The Hall–Kier alpha value is -4.27. The Bertz CT molecular complexity index is 1570. The Morgan fingerprint density at radius 1 is 1.00 bits per heavy atom. The Balaban J connectivity index is 1.70. The molecule has 170 valence electrons. The summed E-state index contributed by atoms with van der Waals surface area (Å²) in [6, 6.07) is 17.5. The molecule has 2 aromatic heterocycles. The number of fused-ring (bicyclic) bond motifs is 2. The van der Waals surface area contributed by atoms with Gasteiger partial charge in [-0.1, -0.05) is 48.5 Å². The van der Waals surface area contributed by atoms with Crippen LogP contribution in [0.1, 0.15) is 21.6 Å². The summed E-state index contributed by atoms with van der Waals surface area (Å²) in [5.41, 5.74) is -0.466. The van der Waals surface area contributed by atoms with Gasteiger partial charge in [0.25, 0.3) is 5.91 Å². The summed E-state index contributed by atoms with van der Waals surface area (Å²) in [4.78, 5) is 17.3. The Labute approximate surface area is 190 Å². The van der Waals surface area contributed by atoms with E-state index in [0.717, 1.165) is 17.6 Å². The highest BCUT2D eigenvalue weighted by Gasteiger charge is 2.36. The Morgan fingerprint density at radius 3 is 2.56 bits per heavy atom. The van der Waals surface area contributed by atoms with E-state index in [1.807, 2.05) is 18.2 Å². The lowest BCUT2D eigenvalue weighted by molar-refractivity contribution is -0.142. The summed E-state index contributed by atoms with van der Waals surface area (Å²) in [7, 11) is 0. The maximum atomic E-state index is 14.1. The quantitative estimate of drug-likeness (QED) is 0.320. The van der Waals surface area contributed by atoms with Crippen molar-refractivity contribution in [3.63, 3.8) is 0 Å². The van der Waals surface area contributed by atoms with Crippen molar-refractivity contribution >= 4 is 28.0 Å². The number of halogens is 4. The summed E-state index contributed by atoms with van der Waals surface area (Å²) in [5.74, 6) is -1.49. The van der Waals surface area contributed by atoms with E-state index in [1.54, 1.807) is 31.2 Å². The lowest BCUT2D eigenvalue weighted by atomic mass is 10.0. The van der Waals surface area contributed by atoms with Gasteiger partial charge in [0.15, 0.2) is 11.3 Å². The summed E-state index contributed by atoms with van der Waals surface area (Å²) < 4.78 is 56.5. The Morgan fingerprint density at radius 2 is 1.76 bits per heavy atom. The molecule has 0 spiro atoms. The van der Waals surface area contributed by atoms with E-state index in [-0.39, 0.29) is 22.6 Å². The van der Waals surface area contributed by atoms with Crippen LogP contribution in [0.25, 0.3) is 27.7 Å². The van der Waals surface area contributed by atoms with Gasteiger partial charge in [-0.2, -0.15) is 18.3 Å². The monoisotopic (exact) mass is 464 g/mol. The lowest BCUT2D eigenvalue weighted by Crippen LogP contribution is -2.16. The lowest BCUT2D eigenvalue weighted by Gasteiger charge is -2.13. The van der Waals surface area contributed by atoms with Crippen LogP contribution in [0.5, 0.6) is 0 Å². The van der Waals surface area contributed by atoms with Gasteiger partial charge >= 0.3 is 6.18 Å². The summed E-state index contributed by atoms with van der Waals surface area (Å²) in [6.07, 6.45) is -3.77. The molecule has 0 saturated heterocycles. The SMILES string of the molecule is Cc1ccc(F)c(NC(=O)c2cnn3c(C(F)(F)F)cc(-c4cccc5ccccc45)nc23)c1. The first-order valence-corrected chi connectivity index (χ1v) is 10.2. The topological polar surface area (TPSA) is 59.3 Å². The number of carbonyl (C=O) groups excluding carboxylic acids is 1. The summed E-state index contributed by atoms with van der Waals surface area (Å²) >= 11 is 0. The van der Waals surface area contributed by atoms with Crippen molar-refractivity contribution in [1.82, 2.24) is 14.6 Å². The van der Waals surface area contributed by atoms with E-state index in [0.29, 0.717) is 21.0 Å². The molecule has 5 rings (SSSR count). The van der Waals surface area contributed by atoms with Gasteiger partial charge in [0.1, 0.15) is 11.4 Å². The van der Waals surface area contributed by atoms with E-state index in [1.165, 1.54) is 18.2 Å². The molecule has 0 saturated carbocycles. The molecule has 34 heavy (non-hydrogen) atoms. The molecule has 0 aliphatic rings. The van der Waals surface area contributed by atoms with Crippen LogP contribution in [0.15, 0.2) is 72.9 Å². The predicted molar refractivity (Wildman–Crippen MR) is 120 cm³/mol. The molecule has 0 unspecified atom stereocenters. The fraction of sp³-hybridized carbons (Fsp3) is 0.0800. The first kappa shape index (κ1) is 21.6. The highest BCUT2D eigenvalue weighted by Crippen LogP contribution is 2.35. The summed E-state index contributed by atoms with van der Waals surface area (Å²) in [6.45, 7) is 1.72. The van der Waals surface area contributed by atoms with Crippen LogP contribution in [0.4, 0.5) is 23.2 Å². The highest BCUT2D eigenvalue weighted by atomic mass is 19.4. The number of hydrogen-bond acceptors (Lipinski definition) is 3. The van der Waals surface area contributed by atoms with Crippen molar-refractivity contribution in [2.75, 3.05) is 5.32 Å². The smallest absolute Gasteiger partial charge is 0.319 e. The second-order valence-electron chi connectivity index (χ2n) is 7.78. The first-order chi connectivity index (χ1) is 16.2. The number of amides is 1. The molecule has 5 aromatic rings. The Kier molecular flexibility index (Phi) is 5.04. The molecule has 1 amide bonds. The van der Waals surface area contributed by atoms with Crippen LogP contribution in [-0.2, 0) is 6.18 Å². The van der Waals surface area contributed by atoms with Gasteiger partial charge in [0.05, 0.1) is 17.6 Å². The number of nitrogens with one attached hydrogen (secondary N) is 1. The van der Waals surface area contributed by atoms with Crippen LogP contribution in [0, 0.1) is 12.7 Å². The average Bonchev–Trinajstić information content (AvgIpc) is 3.24. The van der Waals surface area contributed by atoms with Crippen molar-refractivity contribution in [3.8, 4) is 11.3 Å². The number of anilines is 1. The van der Waals surface area contributed by atoms with E-state index in [2.05, 4.69) is 15.4 Å². The van der Waals surface area contributed by atoms with E-state index in [9.17, 15) is 22.4 Å². The average molecular weight is 464 g/mol. The van der Waals surface area contributed by atoms with Gasteiger partial charge < -0.3 is 5.32 Å². The number of hydrogen-bond donors (Lipinski definition) is 1. The number of aromatic nitrogens is 3. The number of aryl methyl sites for hydroxylation is 1. The molecule has 5 nitrogen and oxygen atoms in total. The second kappa shape index (κ2) is 7.95. The third kappa shape index (κ3) is 3.75. The fourth-order valence-corrected chi connectivity index (χ4v) is 3.84. The molecular formula is C25H16F4N4O. The molecule has 2 heterocycles. The van der Waals surface area contributed by atoms with E-state index < -0.39 is 23.6 Å². The van der Waals surface area contributed by atoms with E-state index >= 15 is 0 Å². The van der Waals surface area contributed by atoms with Gasteiger partial charge in [0, 0.05) is 5.56 Å². The molecule has 0 aliphatic heterocycles. The minimum Gasteiger partial charge on any atom is -0.319 e. The van der Waals surface area contributed by atoms with Crippen LogP contribution in [0.3, 0.4) is 0 Å². The molecular weight excluding hydrogens is 448 g/mol. The van der Waals surface area contributed by atoms with Crippen LogP contribution in [-0.4, -0.2) is 20.5 Å². The van der Waals surface area contributed by atoms with Crippen LogP contribution < -0.4 is 5.32 Å². The molecule has 3 aromatic carbocycles. The zero-order chi connectivity index (χ0) is 24.0. The molecule has 0 atom stereocenters. The minimum absolute atomic E-state index is 0.0351. The second-order valence-corrected chi connectivity index (χ2v) is 7.78. The molecule has 9 heteroatoms.